The first kappa shape index (κ1) is 9.34. The van der Waals surface area contributed by atoms with Crippen LogP contribution in [-0.4, -0.2) is 48.0 Å². The molecule has 4 heteroatoms. The molecular formula is C9H16N2OS. The topological polar surface area (TPSA) is 32.3 Å². The van der Waals surface area contributed by atoms with Crippen molar-refractivity contribution < 1.29 is 4.79 Å². The lowest BCUT2D eigenvalue weighted by Crippen LogP contribution is -2.54. The highest BCUT2D eigenvalue weighted by Gasteiger charge is 2.42. The molecule has 2 rings (SSSR count). The first-order valence-electron chi connectivity index (χ1n) is 4.84. The van der Waals surface area contributed by atoms with E-state index in [4.69, 9.17) is 0 Å². The molecule has 1 amide bonds. The molecular weight excluding hydrogens is 184 g/mol. The van der Waals surface area contributed by atoms with E-state index in [-0.39, 0.29) is 10.7 Å². The zero-order chi connectivity index (χ0) is 9.31. The molecule has 0 aliphatic carbocycles. The number of carbonyl (C=O) groups excluding carboxylic acids is 1. The Bertz CT molecular complexity index is 212. The highest BCUT2D eigenvalue weighted by atomic mass is 32.2. The van der Waals surface area contributed by atoms with Gasteiger partial charge in [0, 0.05) is 12.3 Å². The largest absolute Gasteiger partial charge is 0.354 e. The minimum Gasteiger partial charge on any atom is -0.354 e. The van der Waals surface area contributed by atoms with E-state index in [9.17, 15) is 4.79 Å². The Hall–Kier alpha value is -0.220. The highest BCUT2D eigenvalue weighted by Crippen LogP contribution is 2.37. The highest BCUT2D eigenvalue weighted by molar-refractivity contribution is 8.01. The minimum atomic E-state index is -0.0786. The molecule has 0 unspecified atom stereocenters. The molecule has 0 aromatic carbocycles. The molecule has 0 aromatic heterocycles. The number of piperidine rings is 1. The van der Waals surface area contributed by atoms with Crippen molar-refractivity contribution in [2.45, 2.75) is 17.6 Å². The van der Waals surface area contributed by atoms with Crippen molar-refractivity contribution in [2.24, 2.45) is 0 Å². The standard InChI is InChI=1S/C9H16N2OS/c1-11-5-2-9(3-6-11)8(12)10-4-7-13-9/h2-7H2,1H3,(H,10,12). The number of rotatable bonds is 0. The van der Waals surface area contributed by atoms with Gasteiger partial charge < -0.3 is 10.2 Å². The molecule has 0 atom stereocenters. The molecule has 2 heterocycles. The Morgan fingerprint density at radius 3 is 2.77 bits per heavy atom. The number of amides is 1. The molecule has 0 saturated carbocycles. The van der Waals surface area contributed by atoms with Gasteiger partial charge >= 0.3 is 0 Å². The molecule has 1 N–H and O–H groups in total. The molecule has 2 aliphatic heterocycles. The maximum absolute atomic E-state index is 11.7. The summed E-state index contributed by atoms with van der Waals surface area (Å²) in [4.78, 5) is 14.0. The van der Waals surface area contributed by atoms with Crippen molar-refractivity contribution in [3.8, 4) is 0 Å². The first-order valence-corrected chi connectivity index (χ1v) is 5.82. The Kier molecular flexibility index (Phi) is 2.51. The van der Waals surface area contributed by atoms with Gasteiger partial charge in [-0.3, -0.25) is 4.79 Å². The van der Waals surface area contributed by atoms with Crippen LogP contribution in [0.3, 0.4) is 0 Å². The number of hydrogen-bond acceptors (Lipinski definition) is 3. The monoisotopic (exact) mass is 200 g/mol. The number of nitrogens with zero attached hydrogens (tertiary/aromatic N) is 1. The predicted octanol–water partition coefficient (Wildman–Crippen LogP) is 0.314. The number of hydrogen-bond donors (Lipinski definition) is 1. The van der Waals surface area contributed by atoms with E-state index in [0.717, 1.165) is 38.2 Å². The molecule has 0 bridgehead atoms. The minimum absolute atomic E-state index is 0.0786. The summed E-state index contributed by atoms with van der Waals surface area (Å²) in [6, 6.07) is 0. The van der Waals surface area contributed by atoms with Crippen LogP contribution in [0.25, 0.3) is 0 Å². The second kappa shape index (κ2) is 3.50. The van der Waals surface area contributed by atoms with Gasteiger partial charge in [0.25, 0.3) is 0 Å². The molecule has 74 valence electrons. The Morgan fingerprint density at radius 2 is 2.15 bits per heavy atom. The zero-order valence-corrected chi connectivity index (χ0v) is 8.82. The summed E-state index contributed by atoms with van der Waals surface area (Å²) in [7, 11) is 2.12. The van der Waals surface area contributed by atoms with Crippen LogP contribution in [0.1, 0.15) is 12.8 Å². The second-order valence-corrected chi connectivity index (χ2v) is 5.38. The lowest BCUT2D eigenvalue weighted by atomic mass is 9.95. The summed E-state index contributed by atoms with van der Waals surface area (Å²) in [6.07, 6.45) is 2.03. The fourth-order valence-corrected chi connectivity index (χ4v) is 3.26. The van der Waals surface area contributed by atoms with Gasteiger partial charge in [0.15, 0.2) is 0 Å². The molecule has 0 aromatic rings. The second-order valence-electron chi connectivity index (χ2n) is 3.90. The van der Waals surface area contributed by atoms with Crippen molar-refractivity contribution >= 4 is 17.7 Å². The van der Waals surface area contributed by atoms with Crippen LogP contribution in [0.15, 0.2) is 0 Å². The molecule has 2 aliphatic rings. The zero-order valence-electron chi connectivity index (χ0n) is 8.01. The van der Waals surface area contributed by atoms with Crippen LogP contribution < -0.4 is 5.32 Å². The molecule has 1 spiro atoms. The summed E-state index contributed by atoms with van der Waals surface area (Å²) >= 11 is 1.86. The summed E-state index contributed by atoms with van der Waals surface area (Å²) in [5.74, 6) is 1.35. The Morgan fingerprint density at radius 1 is 1.46 bits per heavy atom. The van der Waals surface area contributed by atoms with Crippen molar-refractivity contribution in [2.75, 3.05) is 32.4 Å². The van der Waals surface area contributed by atoms with Crippen LogP contribution in [-0.2, 0) is 4.79 Å². The molecule has 2 fully saturated rings. The Balaban J connectivity index is 2.06. The third kappa shape index (κ3) is 1.70. The number of thioether (sulfide) groups is 1. The molecule has 2 saturated heterocycles. The normalized spacial score (nSPS) is 28.8. The maximum atomic E-state index is 11.7. The summed E-state index contributed by atoms with van der Waals surface area (Å²) in [6.45, 7) is 2.96. The van der Waals surface area contributed by atoms with Gasteiger partial charge in [-0.15, -0.1) is 11.8 Å². The SMILES string of the molecule is CN1CCC2(CC1)SCCNC2=O. The van der Waals surface area contributed by atoms with E-state index in [1.165, 1.54) is 0 Å². The Labute approximate surface area is 83.2 Å². The van der Waals surface area contributed by atoms with E-state index in [0.29, 0.717) is 0 Å². The van der Waals surface area contributed by atoms with Crippen LogP contribution in [0.2, 0.25) is 0 Å². The summed E-state index contributed by atoms with van der Waals surface area (Å²) in [5, 5.41) is 2.98. The molecule has 0 radical (unpaired) electrons. The number of carbonyl (C=O) groups is 1. The van der Waals surface area contributed by atoms with Gasteiger partial charge in [0.1, 0.15) is 0 Å². The van der Waals surface area contributed by atoms with Crippen molar-refractivity contribution in [3.05, 3.63) is 0 Å². The van der Waals surface area contributed by atoms with Gasteiger partial charge in [0.05, 0.1) is 4.75 Å². The van der Waals surface area contributed by atoms with Gasteiger partial charge in [-0.05, 0) is 33.0 Å². The van der Waals surface area contributed by atoms with Crippen molar-refractivity contribution in [1.29, 1.82) is 0 Å². The van der Waals surface area contributed by atoms with Crippen molar-refractivity contribution in [1.82, 2.24) is 10.2 Å². The third-order valence-electron chi connectivity index (χ3n) is 2.97. The summed E-state index contributed by atoms with van der Waals surface area (Å²) < 4.78 is -0.0786. The summed E-state index contributed by atoms with van der Waals surface area (Å²) in [5.41, 5.74) is 0. The van der Waals surface area contributed by atoms with E-state index in [1.54, 1.807) is 0 Å². The first-order chi connectivity index (χ1) is 6.23. The third-order valence-corrected chi connectivity index (χ3v) is 4.53. The number of likely N-dealkylation sites (tertiary alicyclic amines) is 1. The van der Waals surface area contributed by atoms with E-state index >= 15 is 0 Å². The maximum Gasteiger partial charge on any atom is 0.236 e. The predicted molar refractivity (Wildman–Crippen MR) is 54.9 cm³/mol. The fourth-order valence-electron chi connectivity index (χ4n) is 1.99. The quantitative estimate of drug-likeness (QED) is 0.611. The van der Waals surface area contributed by atoms with Gasteiger partial charge in [0.2, 0.25) is 5.91 Å². The van der Waals surface area contributed by atoms with Gasteiger partial charge in [-0.1, -0.05) is 0 Å². The van der Waals surface area contributed by atoms with Gasteiger partial charge in [-0.25, -0.2) is 0 Å². The van der Waals surface area contributed by atoms with Gasteiger partial charge in [-0.2, -0.15) is 0 Å². The molecule has 3 nitrogen and oxygen atoms in total. The van der Waals surface area contributed by atoms with E-state index in [2.05, 4.69) is 17.3 Å². The average molecular weight is 200 g/mol. The van der Waals surface area contributed by atoms with Crippen LogP contribution >= 0.6 is 11.8 Å². The smallest absolute Gasteiger partial charge is 0.236 e. The van der Waals surface area contributed by atoms with Crippen LogP contribution in [0, 0.1) is 0 Å². The van der Waals surface area contributed by atoms with E-state index in [1.807, 2.05) is 11.8 Å². The van der Waals surface area contributed by atoms with Crippen LogP contribution in [0.5, 0.6) is 0 Å². The molecule has 13 heavy (non-hydrogen) atoms. The van der Waals surface area contributed by atoms with Crippen molar-refractivity contribution in [3.63, 3.8) is 0 Å². The lowest BCUT2D eigenvalue weighted by molar-refractivity contribution is -0.124. The lowest BCUT2D eigenvalue weighted by Gasteiger charge is -2.41. The van der Waals surface area contributed by atoms with E-state index < -0.39 is 0 Å². The average Bonchev–Trinajstić information content (AvgIpc) is 2.15. The van der Waals surface area contributed by atoms with Crippen LogP contribution in [0.4, 0.5) is 0 Å². The number of nitrogens with one attached hydrogen (secondary N) is 1. The fraction of sp³-hybridized carbons (Fsp3) is 0.889.